The van der Waals surface area contributed by atoms with Gasteiger partial charge in [-0.2, -0.15) is 13.2 Å². The predicted molar refractivity (Wildman–Crippen MR) is 158 cm³/mol. The number of carbonyl (C=O) groups is 2. The maximum Gasteiger partial charge on any atom is 0.416 e. The minimum Gasteiger partial charge on any atom is -0.492 e. The molecule has 0 aliphatic rings. The van der Waals surface area contributed by atoms with Crippen molar-refractivity contribution in [3.63, 3.8) is 0 Å². The average Bonchev–Trinajstić information content (AvgIpc) is 3.44. The molecule has 0 aliphatic carbocycles. The second-order valence-electron chi connectivity index (χ2n) is 9.80. The number of ether oxygens (including phenoxy) is 1. The van der Waals surface area contributed by atoms with Crippen molar-refractivity contribution in [2.75, 3.05) is 30.7 Å². The Labute approximate surface area is 245 Å². The molecule has 0 saturated heterocycles. The van der Waals surface area contributed by atoms with Gasteiger partial charge in [-0.25, -0.2) is 0 Å². The van der Waals surface area contributed by atoms with Crippen molar-refractivity contribution in [3.05, 3.63) is 126 Å². The van der Waals surface area contributed by atoms with Crippen LogP contribution in [0.3, 0.4) is 0 Å². The van der Waals surface area contributed by atoms with Crippen molar-refractivity contribution in [1.82, 2.24) is 4.90 Å². The van der Waals surface area contributed by atoms with Crippen molar-refractivity contribution in [3.8, 4) is 5.75 Å². The summed E-state index contributed by atoms with van der Waals surface area (Å²) in [7, 11) is 0. The van der Waals surface area contributed by atoms with E-state index in [4.69, 9.17) is 14.9 Å². The van der Waals surface area contributed by atoms with E-state index in [0.717, 1.165) is 17.5 Å². The van der Waals surface area contributed by atoms with Crippen LogP contribution in [0.4, 0.5) is 24.5 Å². The molecular formula is C33H28F3N3O4. The van der Waals surface area contributed by atoms with Crippen LogP contribution < -0.4 is 15.8 Å². The number of hydrogen-bond donors (Lipinski definition) is 2. The quantitative estimate of drug-likeness (QED) is 0.171. The first-order valence-corrected chi connectivity index (χ1v) is 13.5. The molecule has 2 amide bonds. The Morgan fingerprint density at radius 2 is 1.60 bits per heavy atom. The van der Waals surface area contributed by atoms with Gasteiger partial charge in [0.2, 0.25) is 0 Å². The zero-order valence-corrected chi connectivity index (χ0v) is 22.9. The lowest BCUT2D eigenvalue weighted by Crippen LogP contribution is -2.36. The molecule has 0 radical (unpaired) electrons. The molecule has 5 rings (SSSR count). The normalized spacial score (nSPS) is 11.3. The van der Waals surface area contributed by atoms with Gasteiger partial charge in [-0.3, -0.25) is 9.59 Å². The van der Waals surface area contributed by atoms with Crippen molar-refractivity contribution in [2.45, 2.75) is 12.6 Å². The summed E-state index contributed by atoms with van der Waals surface area (Å²) >= 11 is 0. The second-order valence-corrected chi connectivity index (χ2v) is 9.80. The van der Waals surface area contributed by atoms with Crippen LogP contribution in [0.1, 0.15) is 32.0 Å². The van der Waals surface area contributed by atoms with E-state index in [0.29, 0.717) is 33.8 Å². The summed E-state index contributed by atoms with van der Waals surface area (Å²) < 4.78 is 51.2. The summed E-state index contributed by atoms with van der Waals surface area (Å²) in [6.07, 6.45) is -4.26. The number of rotatable bonds is 10. The van der Waals surface area contributed by atoms with Crippen LogP contribution in [0.25, 0.3) is 11.0 Å². The first-order chi connectivity index (χ1) is 20.7. The number of amides is 2. The highest BCUT2D eigenvalue weighted by Gasteiger charge is 2.30. The van der Waals surface area contributed by atoms with Gasteiger partial charge < -0.3 is 25.1 Å². The third-order valence-corrected chi connectivity index (χ3v) is 6.80. The lowest BCUT2D eigenvalue weighted by Gasteiger charge is -2.22. The van der Waals surface area contributed by atoms with E-state index in [-0.39, 0.29) is 37.8 Å². The predicted octanol–water partition coefficient (Wildman–Crippen LogP) is 7.05. The Balaban J connectivity index is 1.25. The van der Waals surface area contributed by atoms with Crippen LogP contribution in [-0.2, 0) is 12.6 Å². The SMILES string of the molecule is Nc1ccccc1NC(=O)c1ccc(OCCN(CCc2cccc(C(F)(F)F)c2)C(=O)c2cc3ccccc3o2)cc1. The van der Waals surface area contributed by atoms with E-state index in [1.165, 1.54) is 11.0 Å². The van der Waals surface area contributed by atoms with E-state index < -0.39 is 17.6 Å². The van der Waals surface area contributed by atoms with Crippen LogP contribution in [-0.4, -0.2) is 36.4 Å². The minimum absolute atomic E-state index is 0.0979. The van der Waals surface area contributed by atoms with E-state index >= 15 is 0 Å². The van der Waals surface area contributed by atoms with E-state index in [1.54, 1.807) is 72.8 Å². The molecule has 4 aromatic carbocycles. The molecule has 0 spiro atoms. The van der Waals surface area contributed by atoms with Crippen LogP contribution in [0.5, 0.6) is 5.75 Å². The molecule has 43 heavy (non-hydrogen) atoms. The summed E-state index contributed by atoms with van der Waals surface area (Å²) in [5, 5.41) is 3.52. The van der Waals surface area contributed by atoms with Crippen LogP contribution in [0.2, 0.25) is 0 Å². The number of benzene rings is 4. The molecule has 1 aromatic heterocycles. The summed E-state index contributed by atoms with van der Waals surface area (Å²) in [4.78, 5) is 27.5. The van der Waals surface area contributed by atoms with Gasteiger partial charge >= 0.3 is 6.18 Å². The summed E-state index contributed by atoms with van der Waals surface area (Å²) in [5.41, 5.74) is 7.51. The molecule has 0 unspecified atom stereocenters. The van der Waals surface area contributed by atoms with Crippen molar-refractivity contribution in [2.24, 2.45) is 0 Å². The molecule has 0 saturated carbocycles. The zero-order chi connectivity index (χ0) is 30.4. The number of nitrogen functional groups attached to an aromatic ring is 1. The molecule has 7 nitrogen and oxygen atoms in total. The van der Waals surface area contributed by atoms with Gasteiger partial charge in [0.25, 0.3) is 11.8 Å². The molecule has 5 aromatic rings. The fourth-order valence-electron chi connectivity index (χ4n) is 4.51. The monoisotopic (exact) mass is 587 g/mol. The highest BCUT2D eigenvalue weighted by molar-refractivity contribution is 6.05. The number of fused-ring (bicyclic) bond motifs is 1. The van der Waals surface area contributed by atoms with Crippen LogP contribution in [0, 0.1) is 0 Å². The summed E-state index contributed by atoms with van der Waals surface area (Å²) in [6.45, 7) is 0.382. The molecule has 1 heterocycles. The number of nitrogens with one attached hydrogen (secondary N) is 1. The molecule has 10 heteroatoms. The number of anilines is 2. The number of hydrogen-bond acceptors (Lipinski definition) is 5. The third-order valence-electron chi connectivity index (χ3n) is 6.80. The maximum absolute atomic E-state index is 13.4. The number of nitrogens with two attached hydrogens (primary N) is 1. The third kappa shape index (κ3) is 7.34. The van der Waals surface area contributed by atoms with Crippen LogP contribution >= 0.6 is 0 Å². The van der Waals surface area contributed by atoms with E-state index in [1.807, 2.05) is 12.1 Å². The lowest BCUT2D eigenvalue weighted by molar-refractivity contribution is -0.137. The average molecular weight is 588 g/mol. The molecule has 0 fully saturated rings. The van der Waals surface area contributed by atoms with Crippen molar-refractivity contribution >= 4 is 34.2 Å². The Morgan fingerprint density at radius 1 is 0.860 bits per heavy atom. The van der Waals surface area contributed by atoms with Gasteiger partial charge in [0, 0.05) is 17.5 Å². The standard InChI is InChI=1S/C33H28F3N3O4/c34-33(35,36)25-8-5-6-22(20-25)16-17-39(32(41)30-21-24-7-1-4-11-29(24)43-30)18-19-42-26-14-12-23(13-15-26)31(40)38-28-10-3-2-9-27(28)37/h1-15,20-21H,16-19,37H2,(H,38,40). The number of para-hydroxylation sites is 3. The van der Waals surface area contributed by atoms with Gasteiger partial charge in [-0.15, -0.1) is 0 Å². The first kappa shape index (κ1) is 29.2. The van der Waals surface area contributed by atoms with Gasteiger partial charge in [0.05, 0.1) is 23.5 Å². The highest BCUT2D eigenvalue weighted by atomic mass is 19.4. The van der Waals surface area contributed by atoms with Gasteiger partial charge in [0.1, 0.15) is 17.9 Å². The van der Waals surface area contributed by atoms with Gasteiger partial charge in [-0.05, 0) is 66.6 Å². The zero-order valence-electron chi connectivity index (χ0n) is 22.9. The van der Waals surface area contributed by atoms with Crippen LogP contribution in [0.15, 0.2) is 108 Å². The summed E-state index contributed by atoms with van der Waals surface area (Å²) in [5.74, 6) is -0.134. The van der Waals surface area contributed by atoms with Crippen molar-refractivity contribution in [1.29, 1.82) is 0 Å². The van der Waals surface area contributed by atoms with Crippen molar-refractivity contribution < 1.29 is 31.9 Å². The molecular weight excluding hydrogens is 559 g/mol. The molecule has 0 atom stereocenters. The number of nitrogens with zero attached hydrogens (tertiary/aromatic N) is 1. The fourth-order valence-corrected chi connectivity index (χ4v) is 4.51. The topological polar surface area (TPSA) is 97.8 Å². The minimum atomic E-state index is -4.46. The number of halogens is 3. The van der Waals surface area contributed by atoms with E-state index in [9.17, 15) is 22.8 Å². The molecule has 0 aliphatic heterocycles. The fraction of sp³-hybridized carbons (Fsp3) is 0.152. The van der Waals surface area contributed by atoms with Gasteiger partial charge in [0.15, 0.2) is 5.76 Å². The molecule has 3 N–H and O–H groups in total. The van der Waals surface area contributed by atoms with E-state index in [2.05, 4.69) is 5.32 Å². The Hall–Kier alpha value is -5.25. The Morgan fingerprint density at radius 3 is 2.35 bits per heavy atom. The number of alkyl halides is 3. The maximum atomic E-state index is 13.4. The smallest absolute Gasteiger partial charge is 0.416 e. The Kier molecular flexibility index (Phi) is 8.66. The first-order valence-electron chi connectivity index (χ1n) is 13.5. The summed E-state index contributed by atoms with van der Waals surface area (Å²) in [6, 6.07) is 27.3. The number of carbonyl (C=O) groups excluding carboxylic acids is 2. The largest absolute Gasteiger partial charge is 0.492 e. The molecule has 220 valence electrons. The molecule has 0 bridgehead atoms. The Bertz CT molecular complexity index is 1700. The number of furan rings is 1. The highest BCUT2D eigenvalue weighted by Crippen LogP contribution is 2.30. The lowest BCUT2D eigenvalue weighted by atomic mass is 10.1. The van der Waals surface area contributed by atoms with Gasteiger partial charge in [-0.1, -0.05) is 48.5 Å². The second kappa shape index (κ2) is 12.7.